The maximum Gasteiger partial charge on any atom is 0.338 e. The van der Waals surface area contributed by atoms with Crippen LogP contribution in [0.5, 0.6) is 0 Å². The van der Waals surface area contributed by atoms with Crippen molar-refractivity contribution in [2.75, 3.05) is 0 Å². The van der Waals surface area contributed by atoms with E-state index < -0.39 is 17.1 Å². The number of hydrogen-bond acceptors (Lipinski definition) is 4. The maximum absolute atomic E-state index is 11.7. The quantitative estimate of drug-likeness (QED) is 0.524. The molecule has 122 valence electrons. The van der Waals surface area contributed by atoms with Gasteiger partial charge < -0.3 is 0 Å². The lowest BCUT2D eigenvalue weighted by Gasteiger charge is -2.02. The first-order valence-corrected chi connectivity index (χ1v) is 7.20. The summed E-state index contributed by atoms with van der Waals surface area (Å²) in [5.41, 5.74) is -0.171. The monoisotopic (exact) mass is 333 g/mol. The third-order valence-corrected chi connectivity index (χ3v) is 3.37. The average molecular weight is 333 g/mol. The second-order valence-corrected chi connectivity index (χ2v) is 5.06. The number of nitrogens with zero attached hydrogens (tertiary/aromatic N) is 1. The van der Waals surface area contributed by atoms with Crippen molar-refractivity contribution < 1.29 is 4.79 Å². The van der Waals surface area contributed by atoms with Gasteiger partial charge in [0.2, 0.25) is 0 Å². The molecule has 0 fully saturated rings. The van der Waals surface area contributed by atoms with Crippen molar-refractivity contribution >= 4 is 6.29 Å². The highest BCUT2D eigenvalue weighted by Gasteiger charge is 2.05. The van der Waals surface area contributed by atoms with Crippen LogP contribution in [-0.2, 0) is 0 Å². The molecule has 0 radical (unpaired) electrons. The summed E-state index contributed by atoms with van der Waals surface area (Å²) < 4.78 is 0.816. The Hall–Kier alpha value is -3.92. The normalized spacial score (nSPS) is 9.92. The third-order valence-electron chi connectivity index (χ3n) is 3.37. The summed E-state index contributed by atoms with van der Waals surface area (Å²) in [6.07, 6.45) is 0.760. The lowest BCUT2D eigenvalue weighted by atomic mass is 10.1. The van der Waals surface area contributed by atoms with Gasteiger partial charge in [-0.15, -0.1) is 0 Å². The van der Waals surface area contributed by atoms with Crippen LogP contribution >= 0.6 is 0 Å². The summed E-state index contributed by atoms with van der Waals surface area (Å²) in [5.74, 6) is 5.90. The molecule has 0 aliphatic carbocycles. The van der Waals surface area contributed by atoms with Gasteiger partial charge in [-0.3, -0.25) is 14.8 Å². The molecule has 7 heteroatoms. The Labute approximate surface area is 140 Å². The van der Waals surface area contributed by atoms with Gasteiger partial charge in [0.25, 0.3) is 0 Å². The molecular weight excluding hydrogens is 322 g/mol. The predicted molar refractivity (Wildman–Crippen MR) is 91.1 cm³/mol. The lowest BCUT2D eigenvalue weighted by molar-refractivity contribution is 0.112. The van der Waals surface area contributed by atoms with Crippen molar-refractivity contribution in [1.29, 1.82) is 0 Å². The van der Waals surface area contributed by atoms with Crippen LogP contribution in [-0.4, -0.2) is 20.8 Å². The van der Waals surface area contributed by atoms with Gasteiger partial charge in [-0.25, -0.2) is 19.0 Å². The number of aromatic nitrogens is 3. The molecule has 0 bridgehead atoms. The van der Waals surface area contributed by atoms with E-state index in [1.807, 2.05) is 9.97 Å². The van der Waals surface area contributed by atoms with E-state index in [1.165, 1.54) is 0 Å². The fraction of sp³-hybridized carbons (Fsp3) is 0. The Morgan fingerprint density at radius 2 is 1.24 bits per heavy atom. The van der Waals surface area contributed by atoms with Crippen LogP contribution in [0.1, 0.15) is 21.5 Å². The zero-order valence-corrected chi connectivity index (χ0v) is 12.8. The molecule has 0 saturated carbocycles. The van der Waals surface area contributed by atoms with Gasteiger partial charge in [-0.05, 0) is 36.4 Å². The van der Waals surface area contributed by atoms with Gasteiger partial charge in [0.15, 0.2) is 0 Å². The number of hydrogen-bond donors (Lipinski definition) is 2. The van der Waals surface area contributed by atoms with Crippen LogP contribution in [0, 0.1) is 11.8 Å². The van der Waals surface area contributed by atoms with Crippen molar-refractivity contribution in [2.45, 2.75) is 0 Å². The molecule has 0 atom stereocenters. The molecule has 0 aliphatic rings. The van der Waals surface area contributed by atoms with Gasteiger partial charge in [0.1, 0.15) is 6.29 Å². The Balaban J connectivity index is 1.90. The molecule has 0 unspecified atom stereocenters. The Kier molecular flexibility index (Phi) is 4.26. The second kappa shape index (κ2) is 6.68. The van der Waals surface area contributed by atoms with Gasteiger partial charge >= 0.3 is 17.1 Å². The van der Waals surface area contributed by atoms with Crippen molar-refractivity contribution in [2.24, 2.45) is 0 Å². The predicted octanol–water partition coefficient (Wildman–Crippen LogP) is 0.426. The molecule has 3 aromatic rings. The standard InChI is InChI=1S/C18H11N3O4/c22-11-14-5-3-12(4-6-14)1-2-13-7-9-15(10-8-13)21-17(24)19-16(23)20-18(21)25/h3-11H,(H2,19,20,23,24,25). The topological polar surface area (TPSA) is 105 Å². The first-order chi connectivity index (χ1) is 12.1. The summed E-state index contributed by atoms with van der Waals surface area (Å²) in [5, 5.41) is 0. The Morgan fingerprint density at radius 3 is 1.72 bits per heavy atom. The highest BCUT2D eigenvalue weighted by molar-refractivity contribution is 5.74. The summed E-state index contributed by atoms with van der Waals surface area (Å²) in [7, 11) is 0. The maximum atomic E-state index is 11.7. The Morgan fingerprint density at radius 1 is 0.760 bits per heavy atom. The number of carbonyl (C=O) groups excluding carboxylic acids is 1. The molecule has 3 rings (SSSR count). The highest BCUT2D eigenvalue weighted by Crippen LogP contribution is 2.06. The minimum absolute atomic E-state index is 0.309. The zero-order valence-electron chi connectivity index (χ0n) is 12.8. The van der Waals surface area contributed by atoms with E-state index in [9.17, 15) is 19.2 Å². The molecule has 2 aromatic carbocycles. The van der Waals surface area contributed by atoms with Crippen molar-refractivity contribution in [1.82, 2.24) is 14.5 Å². The molecule has 0 aliphatic heterocycles. The lowest BCUT2D eigenvalue weighted by Crippen LogP contribution is -2.42. The van der Waals surface area contributed by atoms with E-state index in [2.05, 4.69) is 11.8 Å². The summed E-state index contributed by atoms with van der Waals surface area (Å²) in [4.78, 5) is 49.1. The van der Waals surface area contributed by atoms with Crippen LogP contribution in [0.15, 0.2) is 62.9 Å². The SMILES string of the molecule is O=Cc1ccc(C#Cc2ccc(-n3c(=O)[nH]c(=O)[nH]c3=O)cc2)cc1. The van der Waals surface area contributed by atoms with Crippen molar-refractivity contribution in [3.8, 4) is 17.5 Å². The smallest absolute Gasteiger partial charge is 0.298 e. The van der Waals surface area contributed by atoms with Crippen LogP contribution in [0.2, 0.25) is 0 Å². The largest absolute Gasteiger partial charge is 0.338 e. The highest BCUT2D eigenvalue weighted by atomic mass is 16.2. The zero-order chi connectivity index (χ0) is 17.8. The van der Waals surface area contributed by atoms with Gasteiger partial charge in [0, 0.05) is 16.7 Å². The summed E-state index contributed by atoms with van der Waals surface area (Å²) >= 11 is 0. The van der Waals surface area contributed by atoms with Gasteiger partial charge in [0.05, 0.1) is 5.69 Å². The molecule has 0 amide bonds. The number of nitrogens with one attached hydrogen (secondary N) is 2. The first kappa shape index (κ1) is 16.0. The number of rotatable bonds is 2. The van der Waals surface area contributed by atoms with Gasteiger partial charge in [-0.2, -0.15) is 0 Å². The van der Waals surface area contributed by atoms with Crippen LogP contribution in [0.25, 0.3) is 5.69 Å². The van der Waals surface area contributed by atoms with Crippen LogP contribution < -0.4 is 17.1 Å². The molecule has 0 spiro atoms. The minimum Gasteiger partial charge on any atom is -0.298 e. The van der Waals surface area contributed by atoms with E-state index >= 15 is 0 Å². The van der Waals surface area contributed by atoms with E-state index in [4.69, 9.17) is 0 Å². The number of benzene rings is 2. The third kappa shape index (κ3) is 3.54. The number of H-pyrrole nitrogens is 2. The van der Waals surface area contributed by atoms with E-state index in [0.29, 0.717) is 16.8 Å². The van der Waals surface area contributed by atoms with Crippen LogP contribution in [0.3, 0.4) is 0 Å². The van der Waals surface area contributed by atoms with E-state index in [0.717, 1.165) is 16.4 Å². The molecule has 0 saturated heterocycles. The molecule has 2 N–H and O–H groups in total. The molecular formula is C18H11N3O4. The Bertz CT molecular complexity index is 1120. The van der Waals surface area contributed by atoms with E-state index in [1.54, 1.807) is 48.5 Å². The minimum atomic E-state index is -0.852. The molecule has 1 heterocycles. The fourth-order valence-corrected chi connectivity index (χ4v) is 2.15. The molecule has 1 aromatic heterocycles. The second-order valence-electron chi connectivity index (χ2n) is 5.06. The number of aromatic amines is 2. The van der Waals surface area contributed by atoms with Crippen molar-refractivity contribution in [3.05, 3.63) is 96.7 Å². The first-order valence-electron chi connectivity index (χ1n) is 7.20. The van der Waals surface area contributed by atoms with Crippen molar-refractivity contribution in [3.63, 3.8) is 0 Å². The molecule has 25 heavy (non-hydrogen) atoms. The summed E-state index contributed by atoms with van der Waals surface area (Å²) in [6, 6.07) is 13.2. The van der Waals surface area contributed by atoms with Gasteiger partial charge in [-0.1, -0.05) is 24.0 Å². The number of aldehydes is 1. The number of carbonyl (C=O) groups is 1. The van der Waals surface area contributed by atoms with Crippen LogP contribution in [0.4, 0.5) is 0 Å². The fourth-order valence-electron chi connectivity index (χ4n) is 2.15. The summed E-state index contributed by atoms with van der Waals surface area (Å²) in [6.45, 7) is 0. The average Bonchev–Trinajstić information content (AvgIpc) is 2.60. The molecule has 7 nitrogen and oxygen atoms in total. The van der Waals surface area contributed by atoms with E-state index in [-0.39, 0.29) is 0 Å².